The number of hydrogen-bond acceptors (Lipinski definition) is 4. The van der Waals surface area contributed by atoms with Crippen molar-refractivity contribution in [2.24, 2.45) is 0 Å². The number of aromatic nitrogens is 1. The van der Waals surface area contributed by atoms with Crippen molar-refractivity contribution < 1.29 is 18.7 Å². The van der Waals surface area contributed by atoms with Crippen LogP contribution in [0.3, 0.4) is 0 Å². The van der Waals surface area contributed by atoms with E-state index in [0.29, 0.717) is 24.7 Å². The molecule has 0 radical (unpaired) electrons. The number of hydrogen-bond donors (Lipinski definition) is 1. The fourth-order valence-electron chi connectivity index (χ4n) is 4.06. The summed E-state index contributed by atoms with van der Waals surface area (Å²) in [6.07, 6.45) is 5.25. The number of aryl methyl sites for hydroxylation is 1. The predicted octanol–water partition coefficient (Wildman–Crippen LogP) is 3.28. The zero-order valence-corrected chi connectivity index (χ0v) is 17.6. The van der Waals surface area contributed by atoms with Crippen LogP contribution in [0.15, 0.2) is 42.6 Å². The minimum absolute atomic E-state index is 0.0280. The predicted molar refractivity (Wildman–Crippen MR) is 115 cm³/mol. The van der Waals surface area contributed by atoms with Crippen molar-refractivity contribution in [1.82, 2.24) is 15.2 Å². The van der Waals surface area contributed by atoms with Gasteiger partial charge in [-0.05, 0) is 62.4 Å². The lowest BCUT2D eigenvalue weighted by Crippen LogP contribution is -2.45. The molecule has 0 bridgehead atoms. The summed E-state index contributed by atoms with van der Waals surface area (Å²) in [7, 11) is 0. The van der Waals surface area contributed by atoms with Crippen LogP contribution in [0.1, 0.15) is 31.2 Å². The van der Waals surface area contributed by atoms with Crippen molar-refractivity contribution >= 4 is 17.6 Å². The van der Waals surface area contributed by atoms with Gasteiger partial charge in [0, 0.05) is 37.1 Å². The van der Waals surface area contributed by atoms with Gasteiger partial charge in [0.15, 0.2) is 0 Å². The van der Waals surface area contributed by atoms with Gasteiger partial charge in [-0.2, -0.15) is 0 Å². The van der Waals surface area contributed by atoms with Crippen LogP contribution < -0.4 is 15.0 Å². The van der Waals surface area contributed by atoms with Crippen molar-refractivity contribution in [2.45, 2.75) is 44.8 Å². The van der Waals surface area contributed by atoms with E-state index >= 15 is 0 Å². The number of rotatable bonds is 6. The fraction of sp³-hybridized carbons (Fsp3) is 0.435. The van der Waals surface area contributed by atoms with Crippen molar-refractivity contribution in [3.63, 3.8) is 0 Å². The normalized spacial score (nSPS) is 21.3. The smallest absolute Gasteiger partial charge is 0.325 e. The number of anilines is 1. The number of ether oxygens (including phenoxy) is 1. The van der Waals surface area contributed by atoms with E-state index in [1.165, 1.54) is 17.0 Å². The summed E-state index contributed by atoms with van der Waals surface area (Å²) >= 11 is 0. The highest BCUT2D eigenvalue weighted by Crippen LogP contribution is 2.24. The highest BCUT2D eigenvalue weighted by molar-refractivity contribution is 5.96. The number of amides is 3. The molecule has 1 aliphatic heterocycles. The van der Waals surface area contributed by atoms with E-state index in [4.69, 9.17) is 4.74 Å². The molecule has 1 saturated carbocycles. The van der Waals surface area contributed by atoms with Gasteiger partial charge in [0.1, 0.15) is 18.5 Å². The highest BCUT2D eigenvalue weighted by atomic mass is 19.1. The molecule has 8 heteroatoms. The molecule has 1 N–H and O–H groups in total. The first kappa shape index (κ1) is 21.1. The lowest BCUT2D eigenvalue weighted by Gasteiger charge is -2.29. The molecule has 2 aliphatic rings. The number of carbonyl (C=O) groups excluding carboxylic acids is 2. The number of pyridine rings is 1. The van der Waals surface area contributed by atoms with Gasteiger partial charge < -0.3 is 15.0 Å². The van der Waals surface area contributed by atoms with Crippen LogP contribution in [0.2, 0.25) is 0 Å². The molecule has 2 fully saturated rings. The third-order valence-corrected chi connectivity index (χ3v) is 5.78. The SMILES string of the molecule is Cc1ccc(OC2CCC(NC(=O)CN3CCN(c4ccc(F)cc4)C3=O)CC2)nc1. The minimum atomic E-state index is -0.345. The molecule has 4 rings (SSSR count). The van der Waals surface area contributed by atoms with E-state index in [2.05, 4.69) is 10.3 Å². The second kappa shape index (κ2) is 9.32. The number of nitrogens with zero attached hydrogens (tertiary/aromatic N) is 3. The van der Waals surface area contributed by atoms with Gasteiger partial charge in [-0.1, -0.05) is 6.07 Å². The molecule has 1 aromatic carbocycles. The van der Waals surface area contributed by atoms with Gasteiger partial charge in [-0.3, -0.25) is 9.69 Å². The van der Waals surface area contributed by atoms with Gasteiger partial charge in [-0.15, -0.1) is 0 Å². The monoisotopic (exact) mass is 426 g/mol. The van der Waals surface area contributed by atoms with Crippen molar-refractivity contribution in [3.8, 4) is 5.88 Å². The Balaban J connectivity index is 1.21. The summed E-state index contributed by atoms with van der Waals surface area (Å²) in [5.74, 6) is 0.136. The van der Waals surface area contributed by atoms with E-state index in [1.807, 2.05) is 19.1 Å². The largest absolute Gasteiger partial charge is 0.474 e. The average molecular weight is 426 g/mol. The molecular weight excluding hydrogens is 399 g/mol. The summed E-state index contributed by atoms with van der Waals surface area (Å²) < 4.78 is 19.1. The van der Waals surface area contributed by atoms with Gasteiger partial charge in [0.2, 0.25) is 11.8 Å². The molecule has 7 nitrogen and oxygen atoms in total. The maximum absolute atomic E-state index is 13.1. The number of urea groups is 1. The zero-order valence-electron chi connectivity index (χ0n) is 17.6. The Bertz CT molecular complexity index is 911. The van der Waals surface area contributed by atoms with Crippen LogP contribution in [0.25, 0.3) is 0 Å². The highest BCUT2D eigenvalue weighted by Gasteiger charge is 2.31. The summed E-state index contributed by atoms with van der Waals surface area (Å²) in [5.41, 5.74) is 1.73. The van der Waals surface area contributed by atoms with Crippen molar-refractivity contribution in [2.75, 3.05) is 24.5 Å². The first-order valence-electron chi connectivity index (χ1n) is 10.7. The second-order valence-electron chi connectivity index (χ2n) is 8.16. The molecule has 1 aromatic heterocycles. The number of halogens is 1. The maximum atomic E-state index is 13.1. The van der Waals surface area contributed by atoms with E-state index in [1.54, 1.807) is 23.2 Å². The van der Waals surface area contributed by atoms with Gasteiger partial charge >= 0.3 is 6.03 Å². The van der Waals surface area contributed by atoms with Crippen LogP contribution in [-0.2, 0) is 4.79 Å². The lowest BCUT2D eigenvalue weighted by atomic mass is 9.93. The Hall–Kier alpha value is -3.16. The Morgan fingerprint density at radius 3 is 2.55 bits per heavy atom. The van der Waals surface area contributed by atoms with Crippen LogP contribution in [-0.4, -0.2) is 53.6 Å². The van der Waals surface area contributed by atoms with Gasteiger partial charge in [0.05, 0.1) is 0 Å². The molecule has 1 aliphatic carbocycles. The van der Waals surface area contributed by atoms with Gasteiger partial charge in [-0.25, -0.2) is 14.2 Å². The zero-order chi connectivity index (χ0) is 21.8. The Morgan fingerprint density at radius 1 is 1.13 bits per heavy atom. The molecule has 2 aromatic rings. The summed E-state index contributed by atoms with van der Waals surface area (Å²) in [6, 6.07) is 9.51. The number of carbonyl (C=O) groups is 2. The first-order chi connectivity index (χ1) is 15.0. The Kier molecular flexibility index (Phi) is 6.34. The molecule has 0 spiro atoms. The molecule has 164 valence electrons. The van der Waals surface area contributed by atoms with Crippen LogP contribution in [0.4, 0.5) is 14.9 Å². The molecular formula is C23H27FN4O3. The number of benzene rings is 1. The molecule has 0 unspecified atom stereocenters. The second-order valence-corrected chi connectivity index (χ2v) is 8.16. The summed E-state index contributed by atoms with van der Waals surface area (Å²) in [4.78, 5) is 32.5. The van der Waals surface area contributed by atoms with Crippen LogP contribution in [0, 0.1) is 12.7 Å². The molecule has 1 saturated heterocycles. The fourth-order valence-corrected chi connectivity index (χ4v) is 4.06. The van der Waals surface area contributed by atoms with E-state index in [0.717, 1.165) is 31.2 Å². The Labute approximate surface area is 181 Å². The summed E-state index contributed by atoms with van der Waals surface area (Å²) in [6.45, 7) is 2.96. The third-order valence-electron chi connectivity index (χ3n) is 5.78. The topological polar surface area (TPSA) is 74.8 Å². The molecule has 2 heterocycles. The van der Waals surface area contributed by atoms with Gasteiger partial charge in [0.25, 0.3) is 0 Å². The number of nitrogens with one attached hydrogen (secondary N) is 1. The van der Waals surface area contributed by atoms with E-state index < -0.39 is 0 Å². The van der Waals surface area contributed by atoms with Crippen LogP contribution in [0.5, 0.6) is 5.88 Å². The summed E-state index contributed by atoms with van der Waals surface area (Å²) in [5, 5.41) is 3.05. The standard InChI is InChI=1S/C23H27FN4O3/c1-16-2-11-22(25-14-16)31-20-9-5-18(6-10-20)26-21(29)15-27-12-13-28(23(27)30)19-7-3-17(24)4-8-19/h2-4,7-8,11,14,18,20H,5-6,9-10,12-13,15H2,1H3,(H,26,29). The average Bonchev–Trinajstić information content (AvgIpc) is 3.12. The van der Waals surface area contributed by atoms with E-state index in [-0.39, 0.29) is 36.4 Å². The van der Waals surface area contributed by atoms with Crippen LogP contribution >= 0.6 is 0 Å². The molecule has 31 heavy (non-hydrogen) atoms. The quantitative estimate of drug-likeness (QED) is 0.769. The lowest BCUT2D eigenvalue weighted by molar-refractivity contribution is -0.122. The maximum Gasteiger partial charge on any atom is 0.325 e. The molecule has 0 atom stereocenters. The molecule has 3 amide bonds. The third kappa shape index (κ3) is 5.31. The Morgan fingerprint density at radius 2 is 1.87 bits per heavy atom. The minimum Gasteiger partial charge on any atom is -0.474 e. The first-order valence-corrected chi connectivity index (χ1v) is 10.7. The van der Waals surface area contributed by atoms with E-state index in [9.17, 15) is 14.0 Å². The van der Waals surface area contributed by atoms with Crippen molar-refractivity contribution in [3.05, 3.63) is 54.0 Å². The van der Waals surface area contributed by atoms with Crippen molar-refractivity contribution in [1.29, 1.82) is 0 Å².